The number of rotatable bonds is 4. The fourth-order valence-electron chi connectivity index (χ4n) is 2.10. The molecule has 6 heteroatoms. The maximum absolute atomic E-state index is 13.5. The van der Waals surface area contributed by atoms with Gasteiger partial charge in [-0.3, -0.25) is 11.3 Å². The number of benzene rings is 1. The quantitative estimate of drug-likeness (QED) is 0.547. The van der Waals surface area contributed by atoms with Crippen LogP contribution >= 0.6 is 34.3 Å². The Kier molecular flexibility index (Phi) is 4.05. The first-order valence-corrected chi connectivity index (χ1v) is 8.12. The van der Waals surface area contributed by atoms with Crippen LogP contribution in [0.4, 0.5) is 4.39 Å². The van der Waals surface area contributed by atoms with Gasteiger partial charge in [0.05, 0.1) is 11.1 Å². The molecule has 0 amide bonds. The minimum atomic E-state index is -0.396. The maximum Gasteiger partial charge on any atom is 0.142 e. The van der Waals surface area contributed by atoms with Gasteiger partial charge in [0.2, 0.25) is 0 Å². The van der Waals surface area contributed by atoms with Crippen LogP contribution in [0, 0.1) is 5.82 Å². The molecule has 1 atom stereocenters. The highest BCUT2D eigenvalue weighted by molar-refractivity contribution is 7.26. The van der Waals surface area contributed by atoms with Gasteiger partial charge in [0.1, 0.15) is 5.82 Å². The number of hydrogen-bond donors (Lipinski definition) is 2. The van der Waals surface area contributed by atoms with Crippen LogP contribution in [-0.2, 0) is 6.42 Å². The molecule has 0 saturated heterocycles. The van der Waals surface area contributed by atoms with Gasteiger partial charge in [0, 0.05) is 14.3 Å². The van der Waals surface area contributed by atoms with Crippen molar-refractivity contribution in [2.24, 2.45) is 5.84 Å². The van der Waals surface area contributed by atoms with E-state index in [4.69, 9.17) is 17.4 Å². The third-order valence-electron chi connectivity index (χ3n) is 3.13. The van der Waals surface area contributed by atoms with Crippen LogP contribution in [0.1, 0.15) is 16.5 Å². The summed E-state index contributed by atoms with van der Waals surface area (Å²) in [4.78, 5) is 1.16. The molecule has 3 rings (SSSR count). The van der Waals surface area contributed by atoms with Gasteiger partial charge in [-0.25, -0.2) is 4.39 Å². The van der Waals surface area contributed by atoms with Crippen molar-refractivity contribution in [1.29, 1.82) is 0 Å². The molecular weight excluding hydrogens is 315 g/mol. The van der Waals surface area contributed by atoms with Crippen LogP contribution in [0.2, 0.25) is 5.02 Å². The Morgan fingerprint density at radius 1 is 1.25 bits per heavy atom. The van der Waals surface area contributed by atoms with Crippen LogP contribution < -0.4 is 11.3 Å². The summed E-state index contributed by atoms with van der Waals surface area (Å²) in [6.07, 6.45) is 0.623. The first kappa shape index (κ1) is 14.0. The molecule has 3 N–H and O–H groups in total. The number of hydrogen-bond acceptors (Lipinski definition) is 4. The lowest BCUT2D eigenvalue weighted by Gasteiger charge is -2.14. The summed E-state index contributed by atoms with van der Waals surface area (Å²) < 4.78 is 16.0. The molecule has 0 fully saturated rings. The topological polar surface area (TPSA) is 38.0 Å². The Bertz CT molecular complexity index is 709. The predicted molar refractivity (Wildman–Crippen MR) is 84.9 cm³/mol. The van der Waals surface area contributed by atoms with E-state index in [9.17, 15) is 4.39 Å². The Hall–Kier alpha value is -0.980. The molecule has 0 spiro atoms. The van der Waals surface area contributed by atoms with Gasteiger partial charge in [0.15, 0.2) is 0 Å². The van der Waals surface area contributed by atoms with Gasteiger partial charge in [-0.2, -0.15) is 0 Å². The zero-order chi connectivity index (χ0) is 14.1. The molecule has 1 aromatic carbocycles. The number of hydrazine groups is 1. The maximum atomic E-state index is 13.5. The molecule has 3 aromatic rings. The monoisotopic (exact) mass is 326 g/mol. The molecule has 0 aliphatic carbocycles. The summed E-state index contributed by atoms with van der Waals surface area (Å²) >= 11 is 9.12. The summed E-state index contributed by atoms with van der Waals surface area (Å²) in [6, 6.07) is 9.08. The largest absolute Gasteiger partial charge is 0.271 e. The van der Waals surface area contributed by atoms with Crippen LogP contribution in [0.25, 0.3) is 9.40 Å². The number of fused-ring (bicyclic) bond motifs is 1. The van der Waals surface area contributed by atoms with Crippen molar-refractivity contribution in [2.75, 3.05) is 0 Å². The first-order chi connectivity index (χ1) is 9.67. The zero-order valence-electron chi connectivity index (χ0n) is 10.4. The Balaban J connectivity index is 1.86. The van der Waals surface area contributed by atoms with E-state index in [0.717, 1.165) is 10.4 Å². The van der Waals surface area contributed by atoms with Gasteiger partial charge in [-0.1, -0.05) is 17.7 Å². The summed E-state index contributed by atoms with van der Waals surface area (Å²) in [6.45, 7) is 0. The Morgan fingerprint density at radius 2 is 2.10 bits per heavy atom. The van der Waals surface area contributed by atoms with Crippen molar-refractivity contribution in [3.63, 3.8) is 0 Å². The number of halogens is 2. The molecule has 0 aliphatic rings. The van der Waals surface area contributed by atoms with Gasteiger partial charge >= 0.3 is 0 Å². The summed E-state index contributed by atoms with van der Waals surface area (Å²) in [7, 11) is 0. The highest BCUT2D eigenvalue weighted by Crippen LogP contribution is 2.34. The smallest absolute Gasteiger partial charge is 0.142 e. The second-order valence-electron chi connectivity index (χ2n) is 4.47. The molecule has 0 bridgehead atoms. The second kappa shape index (κ2) is 5.79. The average Bonchev–Trinajstić information content (AvgIpc) is 3.01. The third-order valence-corrected chi connectivity index (χ3v) is 5.64. The molecule has 0 aliphatic heterocycles. The molecule has 2 aromatic heterocycles. The fraction of sp³-hybridized carbons (Fsp3) is 0.143. The molecule has 0 radical (unpaired) electrons. The highest BCUT2D eigenvalue weighted by atomic mass is 35.5. The van der Waals surface area contributed by atoms with E-state index >= 15 is 0 Å². The minimum Gasteiger partial charge on any atom is -0.271 e. The molecule has 104 valence electrons. The van der Waals surface area contributed by atoms with Crippen LogP contribution in [-0.4, -0.2) is 0 Å². The van der Waals surface area contributed by atoms with Crippen molar-refractivity contribution in [2.45, 2.75) is 12.5 Å². The lowest BCUT2D eigenvalue weighted by molar-refractivity contribution is 0.557. The van der Waals surface area contributed by atoms with Crippen molar-refractivity contribution in [3.8, 4) is 0 Å². The Morgan fingerprint density at radius 3 is 2.80 bits per heavy atom. The van der Waals surface area contributed by atoms with Crippen LogP contribution in [0.5, 0.6) is 0 Å². The lowest BCUT2D eigenvalue weighted by Crippen LogP contribution is -2.28. The molecule has 20 heavy (non-hydrogen) atoms. The van der Waals surface area contributed by atoms with E-state index in [2.05, 4.69) is 22.9 Å². The predicted octanol–water partition coefficient (Wildman–Crippen LogP) is 4.50. The number of nitrogens with one attached hydrogen (secondary N) is 1. The van der Waals surface area contributed by atoms with Crippen molar-refractivity contribution in [3.05, 3.63) is 57.0 Å². The second-order valence-corrected chi connectivity index (χ2v) is 6.94. The molecule has 2 nitrogen and oxygen atoms in total. The standard InChI is InChI=1S/C14H12ClFN2S2/c15-9-2-1-8(5-10(9)16)6-11(18-17)13-7-14-12(20-13)3-4-19-14/h1-5,7,11,18H,6,17H2. The van der Waals surface area contributed by atoms with Gasteiger partial charge in [-0.15, -0.1) is 22.7 Å². The van der Waals surface area contributed by atoms with Crippen molar-refractivity contribution < 1.29 is 4.39 Å². The van der Waals surface area contributed by atoms with Gasteiger partial charge < -0.3 is 0 Å². The first-order valence-electron chi connectivity index (χ1n) is 6.04. The summed E-state index contributed by atoms with van der Waals surface area (Å²) in [5.41, 5.74) is 3.68. The third kappa shape index (κ3) is 2.73. The van der Waals surface area contributed by atoms with E-state index in [1.807, 2.05) is 6.07 Å². The van der Waals surface area contributed by atoms with E-state index in [1.165, 1.54) is 15.5 Å². The highest BCUT2D eigenvalue weighted by Gasteiger charge is 2.15. The normalized spacial score (nSPS) is 12.9. The molecule has 0 saturated carbocycles. The van der Waals surface area contributed by atoms with E-state index < -0.39 is 5.82 Å². The van der Waals surface area contributed by atoms with Crippen LogP contribution in [0.3, 0.4) is 0 Å². The van der Waals surface area contributed by atoms with Gasteiger partial charge in [-0.05, 0) is 41.6 Å². The summed E-state index contributed by atoms with van der Waals surface area (Å²) in [5.74, 6) is 5.26. The summed E-state index contributed by atoms with van der Waals surface area (Å²) in [5, 5.41) is 2.22. The van der Waals surface area contributed by atoms with Crippen LogP contribution in [0.15, 0.2) is 35.7 Å². The molecule has 2 heterocycles. The van der Waals surface area contributed by atoms with Crippen molar-refractivity contribution in [1.82, 2.24) is 5.43 Å². The van der Waals surface area contributed by atoms with E-state index in [0.29, 0.717) is 6.42 Å². The van der Waals surface area contributed by atoms with Gasteiger partial charge in [0.25, 0.3) is 0 Å². The fourth-order valence-corrected chi connectivity index (χ4v) is 4.40. The average molecular weight is 327 g/mol. The SMILES string of the molecule is NNC(Cc1ccc(Cl)c(F)c1)c1cc2sccc2s1. The van der Waals surface area contributed by atoms with Crippen molar-refractivity contribution >= 4 is 43.7 Å². The van der Waals surface area contributed by atoms with E-state index in [-0.39, 0.29) is 11.1 Å². The minimum absolute atomic E-state index is 0.0276. The zero-order valence-corrected chi connectivity index (χ0v) is 12.8. The number of thiophene rings is 2. The van der Waals surface area contributed by atoms with E-state index in [1.54, 1.807) is 28.7 Å². The lowest BCUT2D eigenvalue weighted by atomic mass is 10.1. The number of nitrogens with two attached hydrogens (primary N) is 1. The molecule has 1 unspecified atom stereocenters. The Labute approximate surface area is 129 Å². The molecular formula is C14H12ClFN2S2.